The monoisotopic (exact) mass is 457 g/mol. The summed E-state index contributed by atoms with van der Waals surface area (Å²) in [6.07, 6.45) is -5.29. The van der Waals surface area contributed by atoms with Gasteiger partial charge in [0.05, 0.1) is 26.9 Å². The smallest absolute Gasteiger partial charge is 0.416 e. The molecule has 12 heteroatoms. The van der Waals surface area contributed by atoms with Crippen molar-refractivity contribution < 1.29 is 32.4 Å². The van der Waals surface area contributed by atoms with E-state index < -0.39 is 41.1 Å². The minimum Gasteiger partial charge on any atom is -0.478 e. The van der Waals surface area contributed by atoms with E-state index in [-0.39, 0.29) is 34.3 Å². The van der Waals surface area contributed by atoms with Crippen molar-refractivity contribution in [3.8, 4) is 5.75 Å². The van der Waals surface area contributed by atoms with Crippen molar-refractivity contribution in [3.63, 3.8) is 0 Å². The summed E-state index contributed by atoms with van der Waals surface area (Å²) >= 11 is 5.89. The van der Waals surface area contributed by atoms with Crippen LogP contribution in [0.2, 0.25) is 5.02 Å². The van der Waals surface area contributed by atoms with Gasteiger partial charge in [-0.3, -0.25) is 24.6 Å². The summed E-state index contributed by atoms with van der Waals surface area (Å²) in [6.45, 7) is 1.07. The molecule has 1 heterocycles. The summed E-state index contributed by atoms with van der Waals surface area (Å²) in [4.78, 5) is 36.7. The Morgan fingerprint density at radius 3 is 2.61 bits per heavy atom. The molecule has 1 unspecified atom stereocenters. The van der Waals surface area contributed by atoms with Crippen molar-refractivity contribution in [2.45, 2.75) is 25.6 Å². The van der Waals surface area contributed by atoms with Gasteiger partial charge in [-0.2, -0.15) is 13.2 Å². The minimum atomic E-state index is -4.64. The SMILES string of the molecule is CCC1Oc2ccc([N+](=O)[O-])cc2N(CC(=O)Nc2cc(C(F)(F)F)ccc2Cl)C1=O. The summed E-state index contributed by atoms with van der Waals surface area (Å²) in [6, 6.07) is 6.04. The Kier molecular flexibility index (Phi) is 6.07. The summed E-state index contributed by atoms with van der Waals surface area (Å²) < 4.78 is 44.3. The van der Waals surface area contributed by atoms with Crippen LogP contribution in [0.15, 0.2) is 36.4 Å². The molecule has 1 aliphatic rings. The first-order valence-electron chi connectivity index (χ1n) is 8.94. The van der Waals surface area contributed by atoms with Gasteiger partial charge in [0.1, 0.15) is 12.3 Å². The van der Waals surface area contributed by atoms with Gasteiger partial charge in [0.2, 0.25) is 5.91 Å². The second-order valence-corrected chi connectivity index (χ2v) is 7.00. The topological polar surface area (TPSA) is 102 Å². The van der Waals surface area contributed by atoms with E-state index in [2.05, 4.69) is 5.32 Å². The third kappa shape index (κ3) is 4.71. The quantitative estimate of drug-likeness (QED) is 0.529. The molecule has 1 aliphatic heterocycles. The lowest BCUT2D eigenvalue weighted by Gasteiger charge is -2.33. The number of nitrogens with one attached hydrogen (secondary N) is 1. The largest absolute Gasteiger partial charge is 0.478 e. The second kappa shape index (κ2) is 8.42. The highest BCUT2D eigenvalue weighted by Crippen LogP contribution is 2.38. The Morgan fingerprint density at radius 2 is 2.00 bits per heavy atom. The number of carbonyl (C=O) groups excluding carboxylic acids is 2. The van der Waals surface area contributed by atoms with Crippen LogP contribution in [0.5, 0.6) is 5.75 Å². The molecule has 0 fully saturated rings. The van der Waals surface area contributed by atoms with E-state index in [4.69, 9.17) is 16.3 Å². The van der Waals surface area contributed by atoms with Crippen LogP contribution < -0.4 is 15.0 Å². The number of carbonyl (C=O) groups is 2. The molecule has 2 aromatic carbocycles. The number of nitro groups is 1. The number of ether oxygens (including phenoxy) is 1. The van der Waals surface area contributed by atoms with E-state index in [9.17, 15) is 32.9 Å². The lowest BCUT2D eigenvalue weighted by molar-refractivity contribution is -0.384. The number of nitrogens with zero attached hydrogens (tertiary/aromatic N) is 2. The lowest BCUT2D eigenvalue weighted by atomic mass is 10.1. The predicted octanol–water partition coefficient (Wildman–Crippen LogP) is 4.41. The molecule has 164 valence electrons. The molecule has 2 amide bonds. The number of hydrogen-bond acceptors (Lipinski definition) is 5. The molecule has 0 saturated heterocycles. The molecule has 1 N–H and O–H groups in total. The molecule has 0 saturated carbocycles. The molecule has 0 aliphatic carbocycles. The maximum Gasteiger partial charge on any atom is 0.416 e. The van der Waals surface area contributed by atoms with Gasteiger partial charge in [0.15, 0.2) is 6.10 Å². The summed E-state index contributed by atoms with van der Waals surface area (Å²) in [5, 5.41) is 13.2. The average molecular weight is 458 g/mol. The predicted molar refractivity (Wildman–Crippen MR) is 105 cm³/mol. The molecule has 3 rings (SSSR count). The summed E-state index contributed by atoms with van der Waals surface area (Å²) in [5.74, 6) is -1.29. The maximum atomic E-state index is 12.9. The van der Waals surface area contributed by atoms with Crippen molar-refractivity contribution in [3.05, 3.63) is 57.1 Å². The first kappa shape index (κ1) is 22.3. The first-order valence-corrected chi connectivity index (χ1v) is 9.32. The zero-order valence-electron chi connectivity index (χ0n) is 15.9. The van der Waals surface area contributed by atoms with Crippen molar-refractivity contribution in [1.29, 1.82) is 0 Å². The fourth-order valence-electron chi connectivity index (χ4n) is 2.98. The van der Waals surface area contributed by atoms with Crippen LogP contribution in [0.3, 0.4) is 0 Å². The molecular weight excluding hydrogens is 443 g/mol. The van der Waals surface area contributed by atoms with Gasteiger partial charge in [-0.15, -0.1) is 0 Å². The van der Waals surface area contributed by atoms with Crippen LogP contribution in [-0.2, 0) is 15.8 Å². The average Bonchev–Trinajstić information content (AvgIpc) is 2.70. The van der Waals surface area contributed by atoms with E-state index in [0.29, 0.717) is 6.07 Å². The number of rotatable bonds is 5. The van der Waals surface area contributed by atoms with Gasteiger partial charge in [0, 0.05) is 12.1 Å². The van der Waals surface area contributed by atoms with E-state index in [0.717, 1.165) is 23.1 Å². The second-order valence-electron chi connectivity index (χ2n) is 6.59. The Morgan fingerprint density at radius 1 is 1.29 bits per heavy atom. The van der Waals surface area contributed by atoms with Crippen LogP contribution in [-0.4, -0.2) is 29.4 Å². The van der Waals surface area contributed by atoms with Crippen LogP contribution in [0, 0.1) is 10.1 Å². The highest BCUT2D eigenvalue weighted by molar-refractivity contribution is 6.33. The number of alkyl halides is 3. The highest BCUT2D eigenvalue weighted by atomic mass is 35.5. The number of nitro benzene ring substituents is 1. The first-order chi connectivity index (χ1) is 14.5. The standard InChI is InChI=1S/C19H15ClF3N3O5/c1-2-15-18(28)25(14-8-11(26(29)30)4-6-16(14)31-15)9-17(27)24-13-7-10(19(21,22)23)3-5-12(13)20/h3-8,15H,2,9H2,1H3,(H,24,27). The number of amides is 2. The zero-order valence-corrected chi connectivity index (χ0v) is 16.7. The molecule has 2 aromatic rings. The van der Waals surface area contributed by atoms with Crippen molar-refractivity contribution in [2.75, 3.05) is 16.8 Å². The molecule has 0 bridgehead atoms. The lowest BCUT2D eigenvalue weighted by Crippen LogP contribution is -2.48. The minimum absolute atomic E-state index is 0.00851. The van der Waals surface area contributed by atoms with Gasteiger partial charge in [-0.05, 0) is 30.7 Å². The Balaban J connectivity index is 1.89. The third-order valence-electron chi connectivity index (χ3n) is 4.50. The highest BCUT2D eigenvalue weighted by Gasteiger charge is 2.36. The van der Waals surface area contributed by atoms with Gasteiger partial charge in [-0.1, -0.05) is 18.5 Å². The van der Waals surface area contributed by atoms with Crippen LogP contribution in [0.4, 0.5) is 30.2 Å². The molecule has 0 aromatic heterocycles. The van der Waals surface area contributed by atoms with E-state index in [1.54, 1.807) is 6.92 Å². The molecular formula is C19H15ClF3N3O5. The van der Waals surface area contributed by atoms with Gasteiger partial charge in [-0.25, -0.2) is 0 Å². The summed E-state index contributed by atoms with van der Waals surface area (Å²) in [5.41, 5.74) is -1.61. The molecule has 1 atom stereocenters. The van der Waals surface area contributed by atoms with Crippen LogP contribution in [0.25, 0.3) is 0 Å². The molecule has 8 nitrogen and oxygen atoms in total. The number of halogens is 4. The number of non-ortho nitro benzene ring substituents is 1. The Bertz CT molecular complexity index is 1060. The van der Waals surface area contributed by atoms with Gasteiger partial charge in [0.25, 0.3) is 11.6 Å². The van der Waals surface area contributed by atoms with Crippen LogP contribution >= 0.6 is 11.6 Å². The van der Waals surface area contributed by atoms with Crippen LogP contribution in [0.1, 0.15) is 18.9 Å². The molecule has 0 radical (unpaired) electrons. The number of fused-ring (bicyclic) bond motifs is 1. The van der Waals surface area contributed by atoms with Crippen molar-refractivity contribution in [1.82, 2.24) is 0 Å². The zero-order chi connectivity index (χ0) is 22.9. The number of anilines is 2. The van der Waals surface area contributed by atoms with E-state index in [1.165, 1.54) is 12.1 Å². The van der Waals surface area contributed by atoms with Gasteiger partial charge < -0.3 is 10.1 Å². The van der Waals surface area contributed by atoms with E-state index in [1.807, 2.05) is 0 Å². The molecule has 31 heavy (non-hydrogen) atoms. The normalized spacial score (nSPS) is 15.8. The fraction of sp³-hybridized carbons (Fsp3) is 0.263. The number of benzene rings is 2. The third-order valence-corrected chi connectivity index (χ3v) is 4.82. The number of hydrogen-bond donors (Lipinski definition) is 1. The maximum absolute atomic E-state index is 12.9. The van der Waals surface area contributed by atoms with Crippen molar-refractivity contribution >= 4 is 40.5 Å². The van der Waals surface area contributed by atoms with Gasteiger partial charge >= 0.3 is 6.18 Å². The Hall–Kier alpha value is -3.34. The van der Waals surface area contributed by atoms with E-state index >= 15 is 0 Å². The summed E-state index contributed by atoms with van der Waals surface area (Å²) in [7, 11) is 0. The van der Waals surface area contributed by atoms with Crippen molar-refractivity contribution in [2.24, 2.45) is 0 Å². The Labute approximate surface area is 178 Å². The fourth-order valence-corrected chi connectivity index (χ4v) is 3.14. The molecule has 0 spiro atoms.